The van der Waals surface area contributed by atoms with E-state index in [1.165, 1.54) is 23.4 Å². The lowest BCUT2D eigenvalue weighted by Crippen LogP contribution is -2.55. The molecule has 1 saturated heterocycles. The number of nitrogen functional groups attached to an aromatic ring is 1. The van der Waals surface area contributed by atoms with Crippen LogP contribution in [0.3, 0.4) is 0 Å². The zero-order chi connectivity index (χ0) is 15.1. The second kappa shape index (κ2) is 4.98. The molecule has 0 aromatic heterocycles. The van der Waals surface area contributed by atoms with Crippen LogP contribution in [0.15, 0.2) is 17.0 Å². The van der Waals surface area contributed by atoms with Gasteiger partial charge in [-0.25, -0.2) is 12.8 Å². The van der Waals surface area contributed by atoms with Crippen molar-refractivity contribution in [2.24, 2.45) is 0 Å². The van der Waals surface area contributed by atoms with Gasteiger partial charge < -0.3 is 10.5 Å². The summed E-state index contributed by atoms with van der Waals surface area (Å²) in [7, 11) is -3.72. The Bertz CT molecular complexity index is 605. The first kappa shape index (κ1) is 15.2. The Balaban J connectivity index is 2.50. The summed E-state index contributed by atoms with van der Waals surface area (Å²) in [5.74, 6) is -0.579. The molecule has 2 rings (SSSR count). The molecule has 0 amide bonds. The summed E-state index contributed by atoms with van der Waals surface area (Å²) in [5, 5.41) is 0. The van der Waals surface area contributed by atoms with Crippen LogP contribution in [0.5, 0.6) is 0 Å². The van der Waals surface area contributed by atoms with Gasteiger partial charge in [0.15, 0.2) is 0 Å². The van der Waals surface area contributed by atoms with Crippen LogP contribution in [0, 0.1) is 12.7 Å². The van der Waals surface area contributed by atoms with Crippen LogP contribution in [0.25, 0.3) is 0 Å². The summed E-state index contributed by atoms with van der Waals surface area (Å²) < 4.78 is 45.7. The third-order valence-electron chi connectivity index (χ3n) is 3.41. The van der Waals surface area contributed by atoms with Gasteiger partial charge in [0.1, 0.15) is 5.82 Å². The molecule has 2 N–H and O–H groups in total. The maximum atomic E-state index is 13.5. The van der Waals surface area contributed by atoms with Gasteiger partial charge in [-0.2, -0.15) is 4.31 Å². The highest BCUT2D eigenvalue weighted by molar-refractivity contribution is 7.89. The highest BCUT2D eigenvalue weighted by atomic mass is 32.2. The summed E-state index contributed by atoms with van der Waals surface area (Å²) in [4.78, 5) is 0.0175. The molecule has 0 atom stereocenters. The molecule has 0 spiro atoms. The first-order valence-corrected chi connectivity index (χ1v) is 7.76. The van der Waals surface area contributed by atoms with Crippen molar-refractivity contribution >= 4 is 15.7 Å². The SMILES string of the molecule is Cc1cc(S(=O)(=O)N2CCOCC2(C)C)cc(N)c1F. The maximum Gasteiger partial charge on any atom is 0.243 e. The number of aryl methyl sites for hydroxylation is 1. The molecule has 1 aliphatic rings. The number of nitrogens with two attached hydrogens (primary N) is 1. The lowest BCUT2D eigenvalue weighted by Gasteiger charge is -2.40. The quantitative estimate of drug-likeness (QED) is 0.841. The molecule has 112 valence electrons. The van der Waals surface area contributed by atoms with E-state index in [9.17, 15) is 12.8 Å². The predicted octanol–water partition coefficient (Wildman–Crippen LogP) is 1.52. The van der Waals surface area contributed by atoms with Crippen LogP contribution in [-0.4, -0.2) is 38.0 Å². The minimum atomic E-state index is -3.72. The third-order valence-corrected chi connectivity index (χ3v) is 5.50. The van der Waals surface area contributed by atoms with Gasteiger partial charge in [0.2, 0.25) is 10.0 Å². The fraction of sp³-hybridized carbons (Fsp3) is 0.538. The van der Waals surface area contributed by atoms with Gasteiger partial charge in [0, 0.05) is 6.54 Å². The van der Waals surface area contributed by atoms with Crippen LogP contribution < -0.4 is 5.73 Å². The minimum absolute atomic E-state index is 0.0175. The number of nitrogens with zero attached hydrogens (tertiary/aromatic N) is 1. The van der Waals surface area contributed by atoms with Gasteiger partial charge in [-0.3, -0.25) is 0 Å². The summed E-state index contributed by atoms with van der Waals surface area (Å²) in [6.07, 6.45) is 0. The molecule has 7 heteroatoms. The molecule has 1 aromatic rings. The fourth-order valence-electron chi connectivity index (χ4n) is 2.33. The lowest BCUT2D eigenvalue weighted by molar-refractivity contribution is -0.00770. The monoisotopic (exact) mass is 302 g/mol. The number of benzene rings is 1. The van der Waals surface area contributed by atoms with Crippen molar-refractivity contribution in [2.45, 2.75) is 31.2 Å². The van der Waals surface area contributed by atoms with Gasteiger partial charge >= 0.3 is 0 Å². The average molecular weight is 302 g/mol. The molecule has 20 heavy (non-hydrogen) atoms. The molecule has 0 bridgehead atoms. The highest BCUT2D eigenvalue weighted by Gasteiger charge is 2.40. The molecule has 1 fully saturated rings. The Hall–Kier alpha value is -1.18. The van der Waals surface area contributed by atoms with Gasteiger partial charge in [-0.1, -0.05) is 0 Å². The summed E-state index contributed by atoms with van der Waals surface area (Å²) in [5.41, 5.74) is 4.95. The van der Waals surface area contributed by atoms with E-state index in [0.29, 0.717) is 13.2 Å². The Morgan fingerprint density at radius 1 is 1.40 bits per heavy atom. The lowest BCUT2D eigenvalue weighted by atomic mass is 10.1. The number of rotatable bonds is 2. The van der Waals surface area contributed by atoms with E-state index in [2.05, 4.69) is 0 Å². The molecule has 0 saturated carbocycles. The summed E-state index contributed by atoms with van der Waals surface area (Å²) in [6.45, 7) is 6.02. The second-order valence-corrected chi connectivity index (χ2v) is 7.45. The number of hydrogen-bond acceptors (Lipinski definition) is 4. The van der Waals surface area contributed by atoms with Gasteiger partial charge in [-0.05, 0) is 38.5 Å². The molecule has 1 heterocycles. The van der Waals surface area contributed by atoms with Gasteiger partial charge in [-0.15, -0.1) is 0 Å². The van der Waals surface area contributed by atoms with Crippen LogP contribution in [0.2, 0.25) is 0 Å². The minimum Gasteiger partial charge on any atom is -0.396 e. The van der Waals surface area contributed by atoms with Crippen molar-refractivity contribution in [3.63, 3.8) is 0 Å². The zero-order valence-corrected chi connectivity index (χ0v) is 12.6. The van der Waals surface area contributed by atoms with Crippen molar-refractivity contribution < 1.29 is 17.5 Å². The fourth-order valence-corrected chi connectivity index (χ4v) is 4.20. The van der Waals surface area contributed by atoms with Crippen LogP contribution >= 0.6 is 0 Å². The topological polar surface area (TPSA) is 72.6 Å². The Morgan fingerprint density at radius 2 is 2.05 bits per heavy atom. The molecule has 0 unspecified atom stereocenters. The Morgan fingerprint density at radius 3 is 2.60 bits per heavy atom. The van der Waals surface area contributed by atoms with Crippen LogP contribution in [-0.2, 0) is 14.8 Å². The van der Waals surface area contributed by atoms with Crippen LogP contribution in [0.4, 0.5) is 10.1 Å². The number of sulfonamides is 1. The van der Waals surface area contributed by atoms with Crippen LogP contribution in [0.1, 0.15) is 19.4 Å². The van der Waals surface area contributed by atoms with Crippen molar-refractivity contribution in [3.05, 3.63) is 23.5 Å². The standard InChI is InChI=1S/C13H19FN2O3S/c1-9-6-10(7-11(15)12(9)14)20(17,18)16-4-5-19-8-13(16,2)3/h6-7H,4-5,8,15H2,1-3H3. The summed E-state index contributed by atoms with van der Waals surface area (Å²) in [6, 6.07) is 2.48. The molecule has 5 nitrogen and oxygen atoms in total. The predicted molar refractivity (Wildman–Crippen MR) is 74.3 cm³/mol. The smallest absolute Gasteiger partial charge is 0.243 e. The summed E-state index contributed by atoms with van der Waals surface area (Å²) >= 11 is 0. The Labute approximate surface area is 118 Å². The molecule has 1 aliphatic heterocycles. The van der Waals surface area contributed by atoms with Crippen molar-refractivity contribution in [3.8, 4) is 0 Å². The Kier molecular flexibility index (Phi) is 3.79. The van der Waals surface area contributed by atoms with E-state index in [4.69, 9.17) is 10.5 Å². The third kappa shape index (κ3) is 2.53. The number of hydrogen-bond donors (Lipinski definition) is 1. The molecular weight excluding hydrogens is 283 g/mol. The number of anilines is 1. The normalized spacial score (nSPS) is 20.0. The van der Waals surface area contributed by atoms with E-state index in [0.717, 1.165) is 0 Å². The second-order valence-electron chi connectivity index (χ2n) is 5.59. The average Bonchev–Trinajstić information content (AvgIpc) is 2.34. The van der Waals surface area contributed by atoms with E-state index in [-0.39, 0.29) is 22.7 Å². The molecule has 0 aliphatic carbocycles. The largest absolute Gasteiger partial charge is 0.396 e. The number of morpholine rings is 1. The van der Waals surface area contributed by atoms with E-state index in [1.807, 2.05) is 0 Å². The van der Waals surface area contributed by atoms with E-state index < -0.39 is 21.4 Å². The molecule has 0 radical (unpaired) electrons. The number of halogens is 1. The molecule has 1 aromatic carbocycles. The first-order chi connectivity index (χ1) is 9.16. The highest BCUT2D eigenvalue weighted by Crippen LogP contribution is 2.29. The van der Waals surface area contributed by atoms with Crippen molar-refractivity contribution in [2.75, 3.05) is 25.5 Å². The van der Waals surface area contributed by atoms with Crippen molar-refractivity contribution in [1.82, 2.24) is 4.31 Å². The van der Waals surface area contributed by atoms with E-state index >= 15 is 0 Å². The number of ether oxygens (including phenoxy) is 1. The van der Waals surface area contributed by atoms with Crippen molar-refractivity contribution in [1.29, 1.82) is 0 Å². The first-order valence-electron chi connectivity index (χ1n) is 6.32. The van der Waals surface area contributed by atoms with Gasteiger partial charge in [0.05, 0.1) is 29.3 Å². The van der Waals surface area contributed by atoms with Gasteiger partial charge in [0.25, 0.3) is 0 Å². The molecular formula is C13H19FN2O3S. The maximum absolute atomic E-state index is 13.5. The zero-order valence-electron chi connectivity index (χ0n) is 11.8. The van der Waals surface area contributed by atoms with E-state index in [1.54, 1.807) is 13.8 Å².